The largest absolute Gasteiger partial charge is 0.494 e. The SMILES string of the molecule is CCOC(=O)c1c(C)oc2nc(CNc3ccc(OCC)cc3)nc(N)c12. The smallest absolute Gasteiger partial charge is 0.342 e. The number of fused-ring (bicyclic) bond motifs is 1. The van der Waals surface area contributed by atoms with E-state index >= 15 is 0 Å². The molecular formula is C19H22N4O4. The van der Waals surface area contributed by atoms with Crippen LogP contribution in [0, 0.1) is 6.92 Å². The lowest BCUT2D eigenvalue weighted by atomic mass is 10.2. The number of aryl methyl sites for hydroxylation is 1. The first-order valence-electron chi connectivity index (χ1n) is 8.72. The molecule has 0 radical (unpaired) electrons. The number of hydrogen-bond acceptors (Lipinski definition) is 8. The van der Waals surface area contributed by atoms with Gasteiger partial charge in [-0.15, -0.1) is 0 Å². The monoisotopic (exact) mass is 370 g/mol. The maximum atomic E-state index is 12.1. The Hall–Kier alpha value is -3.29. The van der Waals surface area contributed by atoms with Gasteiger partial charge >= 0.3 is 5.97 Å². The van der Waals surface area contributed by atoms with Crippen molar-refractivity contribution < 1.29 is 18.7 Å². The van der Waals surface area contributed by atoms with Gasteiger partial charge in [-0.05, 0) is 45.0 Å². The molecule has 0 aliphatic heterocycles. The average molecular weight is 370 g/mol. The van der Waals surface area contributed by atoms with Gasteiger partial charge in [0.25, 0.3) is 0 Å². The molecule has 3 rings (SSSR count). The van der Waals surface area contributed by atoms with E-state index in [9.17, 15) is 4.79 Å². The number of benzene rings is 1. The third kappa shape index (κ3) is 3.94. The Morgan fingerprint density at radius 3 is 2.59 bits per heavy atom. The van der Waals surface area contributed by atoms with Gasteiger partial charge in [0.2, 0.25) is 5.71 Å². The standard InChI is InChI=1S/C19H22N4O4/c1-4-25-13-8-6-12(7-9-13)21-10-14-22-17(20)16-15(19(24)26-5-2)11(3)27-18(16)23-14/h6-9,21H,4-5,10H2,1-3H3,(H2,20,22,23). The summed E-state index contributed by atoms with van der Waals surface area (Å²) < 4.78 is 16.1. The summed E-state index contributed by atoms with van der Waals surface area (Å²) in [5.41, 5.74) is 7.50. The van der Waals surface area contributed by atoms with Crippen LogP contribution in [-0.2, 0) is 11.3 Å². The molecule has 27 heavy (non-hydrogen) atoms. The van der Waals surface area contributed by atoms with Crippen molar-refractivity contribution in [3.05, 3.63) is 41.4 Å². The van der Waals surface area contributed by atoms with Crippen LogP contribution in [0.25, 0.3) is 11.1 Å². The lowest BCUT2D eigenvalue weighted by molar-refractivity contribution is 0.0526. The van der Waals surface area contributed by atoms with Crippen LogP contribution in [0.2, 0.25) is 0 Å². The first-order valence-corrected chi connectivity index (χ1v) is 8.72. The first-order chi connectivity index (χ1) is 13.0. The van der Waals surface area contributed by atoms with Crippen LogP contribution in [0.15, 0.2) is 28.7 Å². The summed E-state index contributed by atoms with van der Waals surface area (Å²) >= 11 is 0. The van der Waals surface area contributed by atoms with Gasteiger partial charge in [0.15, 0.2) is 5.82 Å². The Kier molecular flexibility index (Phi) is 5.44. The molecule has 3 aromatic rings. The second-order valence-corrected chi connectivity index (χ2v) is 5.77. The third-order valence-electron chi connectivity index (χ3n) is 3.90. The van der Waals surface area contributed by atoms with Gasteiger partial charge in [-0.1, -0.05) is 0 Å². The zero-order valence-corrected chi connectivity index (χ0v) is 15.5. The summed E-state index contributed by atoms with van der Waals surface area (Å²) in [5.74, 6) is 1.36. The third-order valence-corrected chi connectivity index (χ3v) is 3.90. The van der Waals surface area contributed by atoms with Crippen LogP contribution >= 0.6 is 0 Å². The summed E-state index contributed by atoms with van der Waals surface area (Å²) in [6, 6.07) is 7.57. The van der Waals surface area contributed by atoms with Crippen molar-refractivity contribution in [1.29, 1.82) is 0 Å². The fourth-order valence-electron chi connectivity index (χ4n) is 2.73. The van der Waals surface area contributed by atoms with Crippen molar-refractivity contribution in [2.75, 3.05) is 24.3 Å². The molecule has 0 spiro atoms. The van der Waals surface area contributed by atoms with Gasteiger partial charge in [0, 0.05) is 5.69 Å². The van der Waals surface area contributed by atoms with Gasteiger partial charge < -0.3 is 24.9 Å². The Morgan fingerprint density at radius 2 is 1.93 bits per heavy atom. The molecular weight excluding hydrogens is 348 g/mol. The number of nitrogens with one attached hydrogen (secondary N) is 1. The van der Waals surface area contributed by atoms with Crippen LogP contribution in [0.3, 0.4) is 0 Å². The highest BCUT2D eigenvalue weighted by atomic mass is 16.5. The van der Waals surface area contributed by atoms with E-state index in [1.807, 2.05) is 31.2 Å². The van der Waals surface area contributed by atoms with E-state index in [4.69, 9.17) is 19.6 Å². The molecule has 0 amide bonds. The Bertz CT molecular complexity index is 950. The second kappa shape index (κ2) is 7.94. The number of ether oxygens (including phenoxy) is 2. The molecule has 0 bridgehead atoms. The molecule has 1 aromatic carbocycles. The molecule has 0 saturated carbocycles. The Labute approximate surface area is 156 Å². The first kappa shape index (κ1) is 18.5. The van der Waals surface area contributed by atoms with E-state index < -0.39 is 5.97 Å². The minimum Gasteiger partial charge on any atom is -0.494 e. The van der Waals surface area contributed by atoms with Gasteiger partial charge in [-0.25, -0.2) is 9.78 Å². The van der Waals surface area contributed by atoms with E-state index in [1.54, 1.807) is 13.8 Å². The number of nitrogens with two attached hydrogens (primary N) is 1. The molecule has 0 aliphatic carbocycles. The summed E-state index contributed by atoms with van der Waals surface area (Å²) in [6.07, 6.45) is 0. The maximum Gasteiger partial charge on any atom is 0.342 e. The highest BCUT2D eigenvalue weighted by Gasteiger charge is 2.23. The highest BCUT2D eigenvalue weighted by Crippen LogP contribution is 2.29. The average Bonchev–Trinajstić information content (AvgIpc) is 2.98. The van der Waals surface area contributed by atoms with Gasteiger partial charge in [-0.2, -0.15) is 4.98 Å². The molecule has 8 nitrogen and oxygen atoms in total. The Balaban J connectivity index is 1.81. The summed E-state index contributed by atoms with van der Waals surface area (Å²) in [5, 5.41) is 3.60. The van der Waals surface area contributed by atoms with Crippen LogP contribution in [0.5, 0.6) is 5.75 Å². The summed E-state index contributed by atoms with van der Waals surface area (Å²) in [7, 11) is 0. The number of nitrogens with zero attached hydrogens (tertiary/aromatic N) is 2. The van der Waals surface area contributed by atoms with Crippen molar-refractivity contribution in [2.45, 2.75) is 27.3 Å². The number of furan rings is 1. The zero-order chi connectivity index (χ0) is 19.4. The predicted molar refractivity (Wildman–Crippen MR) is 102 cm³/mol. The van der Waals surface area contributed by atoms with Crippen molar-refractivity contribution in [2.24, 2.45) is 0 Å². The van der Waals surface area contributed by atoms with E-state index in [2.05, 4.69) is 15.3 Å². The molecule has 2 aromatic heterocycles. The molecule has 0 unspecified atom stereocenters. The number of carbonyl (C=O) groups is 1. The predicted octanol–water partition coefficient (Wildman–Crippen LogP) is 3.30. The number of nitrogen functional groups attached to an aromatic ring is 1. The molecule has 2 heterocycles. The fraction of sp³-hybridized carbons (Fsp3) is 0.316. The van der Waals surface area contributed by atoms with Gasteiger partial charge in [0.05, 0.1) is 25.1 Å². The van der Waals surface area contributed by atoms with Gasteiger partial charge in [-0.3, -0.25) is 0 Å². The van der Waals surface area contributed by atoms with Gasteiger partial charge in [0.1, 0.15) is 22.9 Å². The van der Waals surface area contributed by atoms with E-state index in [1.165, 1.54) is 0 Å². The van der Waals surface area contributed by atoms with Crippen molar-refractivity contribution in [3.8, 4) is 5.75 Å². The quantitative estimate of drug-likeness (QED) is 0.609. The number of aromatic nitrogens is 2. The summed E-state index contributed by atoms with van der Waals surface area (Å²) in [6.45, 7) is 6.58. The second-order valence-electron chi connectivity index (χ2n) is 5.77. The highest BCUT2D eigenvalue weighted by molar-refractivity contribution is 6.07. The minimum atomic E-state index is -0.496. The number of rotatable bonds is 7. The van der Waals surface area contributed by atoms with Crippen molar-refractivity contribution in [1.82, 2.24) is 9.97 Å². The molecule has 3 N–H and O–H groups in total. The number of anilines is 2. The van der Waals surface area contributed by atoms with Crippen LogP contribution in [-0.4, -0.2) is 29.2 Å². The fourth-order valence-corrected chi connectivity index (χ4v) is 2.73. The normalized spacial score (nSPS) is 10.8. The van der Waals surface area contributed by atoms with Crippen molar-refractivity contribution in [3.63, 3.8) is 0 Å². The van der Waals surface area contributed by atoms with E-state index in [-0.39, 0.29) is 23.7 Å². The zero-order valence-electron chi connectivity index (χ0n) is 15.5. The molecule has 0 fully saturated rings. The lowest BCUT2D eigenvalue weighted by Crippen LogP contribution is -2.09. The number of hydrogen-bond donors (Lipinski definition) is 2. The summed E-state index contributed by atoms with van der Waals surface area (Å²) in [4.78, 5) is 20.8. The molecule has 0 saturated heterocycles. The van der Waals surface area contributed by atoms with Crippen LogP contribution < -0.4 is 15.8 Å². The van der Waals surface area contributed by atoms with E-state index in [0.29, 0.717) is 30.1 Å². The topological polar surface area (TPSA) is 112 Å². The maximum absolute atomic E-state index is 12.1. The van der Waals surface area contributed by atoms with E-state index in [0.717, 1.165) is 11.4 Å². The molecule has 8 heteroatoms. The molecule has 0 aliphatic rings. The van der Waals surface area contributed by atoms with Crippen LogP contribution in [0.4, 0.5) is 11.5 Å². The molecule has 142 valence electrons. The van der Waals surface area contributed by atoms with Crippen LogP contribution in [0.1, 0.15) is 35.8 Å². The minimum absolute atomic E-state index is 0.184. The Morgan fingerprint density at radius 1 is 1.19 bits per heavy atom. The lowest BCUT2D eigenvalue weighted by Gasteiger charge is -2.08. The number of carbonyl (C=O) groups excluding carboxylic acids is 1. The molecule has 0 atom stereocenters. The van der Waals surface area contributed by atoms with Crippen molar-refractivity contribution >= 4 is 28.6 Å². The number of esters is 1.